The lowest BCUT2D eigenvalue weighted by Gasteiger charge is -2.22. The van der Waals surface area contributed by atoms with Crippen molar-refractivity contribution in [3.63, 3.8) is 0 Å². The van der Waals surface area contributed by atoms with Crippen molar-refractivity contribution < 1.29 is 4.79 Å². The third kappa shape index (κ3) is 2.75. The number of rotatable bonds is 5. The van der Waals surface area contributed by atoms with Gasteiger partial charge in [0.2, 0.25) is 0 Å². The molecule has 2 aliphatic carbocycles. The molecule has 0 spiro atoms. The number of Topliss-reactive ketones (excluding diaryl/α,β-unsaturated/α-hetero) is 1. The predicted octanol–water partition coefficient (Wildman–Crippen LogP) is 4.65. The minimum absolute atomic E-state index is 0.0874. The van der Waals surface area contributed by atoms with Crippen LogP contribution in [0.25, 0.3) is 0 Å². The molecule has 0 heterocycles. The fraction of sp³-hybridized carbons (Fsp3) is 0.611. The maximum absolute atomic E-state index is 12.6. The molecule has 2 saturated carbocycles. The molecular weight excluding hydrogens is 232 g/mol. The van der Waals surface area contributed by atoms with E-state index in [4.69, 9.17) is 0 Å². The Morgan fingerprint density at radius 2 is 1.74 bits per heavy atom. The van der Waals surface area contributed by atoms with Gasteiger partial charge >= 0.3 is 0 Å². The largest absolute Gasteiger partial charge is 0.299 e. The van der Waals surface area contributed by atoms with Crippen LogP contribution >= 0.6 is 0 Å². The van der Waals surface area contributed by atoms with Crippen molar-refractivity contribution in [3.8, 4) is 0 Å². The molecule has 1 heteroatoms. The minimum Gasteiger partial charge on any atom is -0.299 e. The van der Waals surface area contributed by atoms with Crippen molar-refractivity contribution in [2.75, 3.05) is 0 Å². The highest BCUT2D eigenvalue weighted by molar-refractivity contribution is 5.93. The lowest BCUT2D eigenvalue weighted by molar-refractivity contribution is -0.121. The molecular formula is C18H24O. The van der Waals surface area contributed by atoms with Gasteiger partial charge in [0.25, 0.3) is 0 Å². The van der Waals surface area contributed by atoms with Crippen LogP contribution in [-0.2, 0) is 10.2 Å². The van der Waals surface area contributed by atoms with E-state index in [1.54, 1.807) is 0 Å². The molecule has 2 fully saturated rings. The fourth-order valence-corrected chi connectivity index (χ4v) is 3.66. The van der Waals surface area contributed by atoms with Crippen LogP contribution in [0.3, 0.4) is 0 Å². The molecule has 1 aromatic carbocycles. The summed E-state index contributed by atoms with van der Waals surface area (Å²) in [6.07, 6.45) is 10.9. The number of hydrogen-bond acceptors (Lipinski definition) is 1. The second-order valence-electron chi connectivity index (χ2n) is 6.41. The van der Waals surface area contributed by atoms with E-state index >= 15 is 0 Å². The van der Waals surface area contributed by atoms with Gasteiger partial charge in [-0.25, -0.2) is 0 Å². The van der Waals surface area contributed by atoms with Gasteiger partial charge in [-0.15, -0.1) is 0 Å². The summed E-state index contributed by atoms with van der Waals surface area (Å²) in [6.45, 7) is 0. The first kappa shape index (κ1) is 12.9. The summed E-state index contributed by atoms with van der Waals surface area (Å²) in [5, 5.41) is 0. The average Bonchev–Trinajstić information content (AvgIpc) is 3.28. The van der Waals surface area contributed by atoms with E-state index in [-0.39, 0.29) is 5.41 Å². The Hall–Kier alpha value is -1.11. The first-order valence-corrected chi connectivity index (χ1v) is 7.90. The van der Waals surface area contributed by atoms with Crippen molar-refractivity contribution in [1.29, 1.82) is 0 Å². The van der Waals surface area contributed by atoms with Crippen molar-refractivity contribution >= 4 is 5.78 Å². The Balaban J connectivity index is 1.58. The van der Waals surface area contributed by atoms with Gasteiger partial charge in [-0.05, 0) is 30.7 Å². The average molecular weight is 256 g/mol. The smallest absolute Gasteiger partial charge is 0.143 e. The number of hydrogen-bond donors (Lipinski definition) is 0. The topological polar surface area (TPSA) is 17.1 Å². The highest BCUT2D eigenvalue weighted by atomic mass is 16.1. The third-order valence-electron chi connectivity index (χ3n) is 5.11. The summed E-state index contributed by atoms with van der Waals surface area (Å²) in [5.74, 6) is 1.33. The summed E-state index contributed by atoms with van der Waals surface area (Å²) in [6, 6.07) is 10.4. The second kappa shape index (κ2) is 5.48. The molecule has 1 aromatic rings. The maximum Gasteiger partial charge on any atom is 0.143 e. The number of ketones is 1. The van der Waals surface area contributed by atoms with E-state index in [0.29, 0.717) is 5.78 Å². The molecule has 0 radical (unpaired) electrons. The number of benzene rings is 1. The Morgan fingerprint density at radius 3 is 2.37 bits per heavy atom. The van der Waals surface area contributed by atoms with Crippen LogP contribution in [-0.4, -0.2) is 5.78 Å². The predicted molar refractivity (Wildman–Crippen MR) is 78.2 cm³/mol. The van der Waals surface area contributed by atoms with Gasteiger partial charge in [0.1, 0.15) is 5.78 Å². The summed E-state index contributed by atoms with van der Waals surface area (Å²) in [5.41, 5.74) is 1.17. The molecule has 1 nitrogen and oxygen atoms in total. The van der Waals surface area contributed by atoms with Crippen LogP contribution in [0.4, 0.5) is 0 Å². The van der Waals surface area contributed by atoms with Gasteiger partial charge in [0.05, 0.1) is 5.41 Å². The highest BCUT2D eigenvalue weighted by Gasteiger charge is 2.50. The van der Waals surface area contributed by atoms with Crippen molar-refractivity contribution in [2.45, 2.75) is 63.2 Å². The highest BCUT2D eigenvalue weighted by Crippen LogP contribution is 2.50. The van der Waals surface area contributed by atoms with Crippen LogP contribution < -0.4 is 0 Å². The van der Waals surface area contributed by atoms with E-state index < -0.39 is 0 Å². The summed E-state index contributed by atoms with van der Waals surface area (Å²) >= 11 is 0. The molecule has 102 valence electrons. The molecule has 2 aliphatic rings. The first-order valence-electron chi connectivity index (χ1n) is 7.90. The van der Waals surface area contributed by atoms with Crippen molar-refractivity contribution in [2.24, 2.45) is 5.92 Å². The van der Waals surface area contributed by atoms with Crippen molar-refractivity contribution in [3.05, 3.63) is 35.9 Å². The minimum atomic E-state index is -0.0874. The van der Waals surface area contributed by atoms with Gasteiger partial charge < -0.3 is 0 Å². The van der Waals surface area contributed by atoms with E-state index in [9.17, 15) is 4.79 Å². The lowest BCUT2D eigenvalue weighted by Crippen LogP contribution is -2.21. The van der Waals surface area contributed by atoms with Crippen LogP contribution in [0.15, 0.2) is 30.3 Å². The third-order valence-corrected chi connectivity index (χ3v) is 5.11. The van der Waals surface area contributed by atoms with Gasteiger partial charge in [-0.2, -0.15) is 0 Å². The van der Waals surface area contributed by atoms with Gasteiger partial charge in [0, 0.05) is 6.42 Å². The molecule has 0 amide bonds. The molecule has 3 rings (SSSR count). The SMILES string of the molecule is O=C(CCC1CCCCC1)C1(c2ccccc2)CC1. The van der Waals surface area contributed by atoms with Crippen LogP contribution in [0.2, 0.25) is 0 Å². The zero-order chi connectivity index (χ0) is 13.1. The summed E-state index contributed by atoms with van der Waals surface area (Å²) < 4.78 is 0. The molecule has 0 N–H and O–H groups in total. The first-order chi connectivity index (χ1) is 9.31. The normalized spacial score (nSPS) is 22.1. The van der Waals surface area contributed by atoms with Gasteiger partial charge in [-0.1, -0.05) is 62.4 Å². The molecule has 0 atom stereocenters. The summed E-state index contributed by atoms with van der Waals surface area (Å²) in [7, 11) is 0. The summed E-state index contributed by atoms with van der Waals surface area (Å²) in [4.78, 5) is 12.6. The Labute approximate surface area is 116 Å². The Bertz CT molecular complexity index is 424. The second-order valence-corrected chi connectivity index (χ2v) is 6.41. The van der Waals surface area contributed by atoms with Gasteiger partial charge in [-0.3, -0.25) is 4.79 Å². The zero-order valence-electron chi connectivity index (χ0n) is 11.7. The monoisotopic (exact) mass is 256 g/mol. The van der Waals surface area contributed by atoms with E-state index in [2.05, 4.69) is 24.3 Å². The fourth-order valence-electron chi connectivity index (χ4n) is 3.66. The van der Waals surface area contributed by atoms with Gasteiger partial charge in [0.15, 0.2) is 0 Å². The molecule has 0 saturated heterocycles. The standard InChI is InChI=1S/C18H24O/c19-17(12-11-15-7-3-1-4-8-15)18(13-14-18)16-9-5-2-6-10-16/h2,5-6,9-10,15H,1,3-4,7-8,11-14H2. The van der Waals surface area contributed by atoms with Crippen LogP contribution in [0.5, 0.6) is 0 Å². The maximum atomic E-state index is 12.6. The Morgan fingerprint density at radius 1 is 1.05 bits per heavy atom. The van der Waals surface area contributed by atoms with Crippen molar-refractivity contribution in [1.82, 2.24) is 0 Å². The number of carbonyl (C=O) groups excluding carboxylic acids is 1. The zero-order valence-corrected chi connectivity index (χ0v) is 11.7. The molecule has 0 unspecified atom stereocenters. The quantitative estimate of drug-likeness (QED) is 0.749. The molecule has 0 aliphatic heterocycles. The lowest BCUT2D eigenvalue weighted by atomic mass is 9.82. The molecule has 0 bridgehead atoms. The van der Waals surface area contributed by atoms with E-state index in [1.165, 1.54) is 37.7 Å². The van der Waals surface area contributed by atoms with Crippen LogP contribution in [0.1, 0.15) is 63.4 Å². The molecule has 0 aromatic heterocycles. The Kier molecular flexibility index (Phi) is 3.72. The molecule has 19 heavy (non-hydrogen) atoms. The van der Waals surface area contributed by atoms with E-state index in [0.717, 1.165) is 31.6 Å². The van der Waals surface area contributed by atoms with Crippen LogP contribution in [0, 0.1) is 5.92 Å². The number of carbonyl (C=O) groups is 1. The van der Waals surface area contributed by atoms with E-state index in [1.807, 2.05) is 6.07 Å².